The molecule has 2 aromatic rings. The number of ether oxygens (including phenoxy) is 2. The quantitative estimate of drug-likeness (QED) is 0.423. The number of nitrogens with one attached hydrogen (secondary N) is 1. The van der Waals surface area contributed by atoms with Crippen LogP contribution in [0.4, 0.5) is 0 Å². The van der Waals surface area contributed by atoms with Crippen LogP contribution in [0.25, 0.3) is 5.57 Å². The SMILES string of the molecule is COc1cc(CC(C)C)ccc1COc1ccc2c(c1)CCC(CN1CCN(CC(=O)NC(C)C)CC1)=C2C. The van der Waals surface area contributed by atoms with Gasteiger partial charge in [0.05, 0.1) is 13.7 Å². The minimum atomic E-state index is 0.128. The topological polar surface area (TPSA) is 54.0 Å². The summed E-state index contributed by atoms with van der Waals surface area (Å²) < 4.78 is 11.9. The monoisotopic (exact) mass is 533 g/mol. The summed E-state index contributed by atoms with van der Waals surface area (Å²) >= 11 is 0. The fraction of sp³-hybridized carbons (Fsp3) is 0.545. The molecule has 1 fully saturated rings. The zero-order chi connectivity index (χ0) is 27.9. The molecule has 0 radical (unpaired) electrons. The highest BCUT2D eigenvalue weighted by molar-refractivity contribution is 5.78. The fourth-order valence-corrected chi connectivity index (χ4v) is 5.71. The van der Waals surface area contributed by atoms with Crippen molar-refractivity contribution in [1.29, 1.82) is 0 Å². The second-order valence-electron chi connectivity index (χ2n) is 11.9. The van der Waals surface area contributed by atoms with Crippen molar-refractivity contribution in [3.05, 3.63) is 64.2 Å². The number of carbonyl (C=O) groups is 1. The van der Waals surface area contributed by atoms with E-state index in [4.69, 9.17) is 9.47 Å². The van der Waals surface area contributed by atoms with Crippen LogP contribution in [0.3, 0.4) is 0 Å². The Kier molecular flexibility index (Phi) is 10.1. The van der Waals surface area contributed by atoms with Crippen molar-refractivity contribution in [3.63, 3.8) is 0 Å². The summed E-state index contributed by atoms with van der Waals surface area (Å²) in [5.74, 6) is 2.55. The van der Waals surface area contributed by atoms with Crippen molar-refractivity contribution < 1.29 is 14.3 Å². The third kappa shape index (κ3) is 8.09. The minimum Gasteiger partial charge on any atom is -0.496 e. The predicted octanol–water partition coefficient (Wildman–Crippen LogP) is 5.33. The lowest BCUT2D eigenvalue weighted by atomic mass is 9.86. The second kappa shape index (κ2) is 13.5. The number of rotatable bonds is 11. The zero-order valence-electron chi connectivity index (χ0n) is 24.8. The Morgan fingerprint density at radius 1 is 0.974 bits per heavy atom. The van der Waals surface area contributed by atoms with E-state index in [9.17, 15) is 4.79 Å². The van der Waals surface area contributed by atoms with Crippen LogP contribution >= 0.6 is 0 Å². The smallest absolute Gasteiger partial charge is 0.234 e. The maximum absolute atomic E-state index is 12.1. The zero-order valence-corrected chi connectivity index (χ0v) is 24.8. The molecule has 0 unspecified atom stereocenters. The van der Waals surface area contributed by atoms with Crippen LogP contribution in [0.15, 0.2) is 42.0 Å². The highest BCUT2D eigenvalue weighted by Crippen LogP contribution is 2.34. The lowest BCUT2D eigenvalue weighted by Gasteiger charge is -2.36. The van der Waals surface area contributed by atoms with Gasteiger partial charge in [0.25, 0.3) is 0 Å². The molecule has 0 spiro atoms. The first-order valence-corrected chi connectivity index (χ1v) is 14.6. The van der Waals surface area contributed by atoms with Gasteiger partial charge in [0.1, 0.15) is 18.1 Å². The van der Waals surface area contributed by atoms with Crippen molar-refractivity contribution in [3.8, 4) is 11.5 Å². The van der Waals surface area contributed by atoms with Crippen LogP contribution in [0.5, 0.6) is 11.5 Å². The van der Waals surface area contributed by atoms with Crippen LogP contribution in [0.2, 0.25) is 0 Å². The van der Waals surface area contributed by atoms with Gasteiger partial charge in [-0.05, 0) is 86.4 Å². The molecular weight excluding hydrogens is 486 g/mol. The van der Waals surface area contributed by atoms with E-state index in [1.54, 1.807) is 7.11 Å². The van der Waals surface area contributed by atoms with Gasteiger partial charge in [0.15, 0.2) is 0 Å². The van der Waals surface area contributed by atoms with Crippen LogP contribution in [0.1, 0.15) is 63.3 Å². The number of carbonyl (C=O) groups excluding carboxylic acids is 1. The van der Waals surface area contributed by atoms with Crippen LogP contribution in [-0.2, 0) is 24.2 Å². The number of nitrogens with zero attached hydrogens (tertiary/aromatic N) is 2. The average molecular weight is 534 g/mol. The molecule has 4 rings (SSSR count). The van der Waals surface area contributed by atoms with Crippen molar-refractivity contribution in [2.75, 3.05) is 46.4 Å². The molecule has 1 heterocycles. The molecule has 1 aliphatic carbocycles. The largest absolute Gasteiger partial charge is 0.496 e. The van der Waals surface area contributed by atoms with E-state index in [-0.39, 0.29) is 11.9 Å². The summed E-state index contributed by atoms with van der Waals surface area (Å²) in [5, 5.41) is 3.00. The normalized spacial score (nSPS) is 16.5. The molecular formula is C33H47N3O3. The standard InChI is InChI=1S/C33H47N3O3/c1-23(2)17-26-7-8-29(32(18-26)38-6)22-39-30-11-12-31-25(5)28(10-9-27(31)19-30)20-35-13-15-36(16-14-35)21-33(37)34-24(3)4/h7-8,11-12,18-19,23-24H,9-10,13-17,20-22H2,1-6H3,(H,34,37). The second-order valence-corrected chi connectivity index (χ2v) is 11.9. The Hall–Kier alpha value is -2.83. The third-order valence-electron chi connectivity index (χ3n) is 7.79. The van der Waals surface area contributed by atoms with Gasteiger partial charge in [-0.3, -0.25) is 14.6 Å². The van der Waals surface area contributed by atoms with Gasteiger partial charge in [-0.25, -0.2) is 0 Å². The van der Waals surface area contributed by atoms with Crippen molar-refractivity contribution in [2.24, 2.45) is 5.92 Å². The van der Waals surface area contributed by atoms with Crippen LogP contribution in [-0.4, -0.2) is 68.1 Å². The third-order valence-corrected chi connectivity index (χ3v) is 7.79. The summed E-state index contributed by atoms with van der Waals surface area (Å²) in [6.45, 7) is 16.7. The molecule has 6 nitrogen and oxygen atoms in total. The Labute approximate surface area is 235 Å². The van der Waals surface area contributed by atoms with Crippen LogP contribution in [0, 0.1) is 5.92 Å². The number of methoxy groups -OCH3 is 1. The number of amides is 1. The van der Waals surface area contributed by atoms with E-state index in [0.717, 1.165) is 69.0 Å². The highest BCUT2D eigenvalue weighted by atomic mass is 16.5. The van der Waals surface area contributed by atoms with Gasteiger partial charge in [-0.2, -0.15) is 0 Å². The van der Waals surface area contributed by atoms with E-state index in [1.807, 2.05) is 13.8 Å². The molecule has 1 amide bonds. The summed E-state index contributed by atoms with van der Waals surface area (Å²) in [6.07, 6.45) is 3.18. The first-order valence-electron chi connectivity index (χ1n) is 14.6. The van der Waals surface area contributed by atoms with Crippen molar-refractivity contribution in [1.82, 2.24) is 15.1 Å². The molecule has 6 heteroatoms. The van der Waals surface area contributed by atoms with Crippen LogP contribution < -0.4 is 14.8 Å². The first kappa shape index (κ1) is 29.2. The van der Waals surface area contributed by atoms with E-state index in [2.05, 4.69) is 72.3 Å². The fourth-order valence-electron chi connectivity index (χ4n) is 5.71. The number of hydrogen-bond donors (Lipinski definition) is 1. The summed E-state index contributed by atoms with van der Waals surface area (Å²) in [5.41, 5.74) is 8.03. The number of fused-ring (bicyclic) bond motifs is 1. The molecule has 39 heavy (non-hydrogen) atoms. The predicted molar refractivity (Wildman–Crippen MR) is 159 cm³/mol. The number of benzene rings is 2. The molecule has 2 aliphatic rings. The minimum absolute atomic E-state index is 0.128. The Bertz CT molecular complexity index is 1160. The van der Waals surface area contributed by atoms with Gasteiger partial charge < -0.3 is 14.8 Å². The molecule has 1 N–H and O–H groups in total. The summed E-state index contributed by atoms with van der Waals surface area (Å²) in [7, 11) is 1.73. The lowest BCUT2D eigenvalue weighted by molar-refractivity contribution is -0.123. The Morgan fingerprint density at radius 3 is 2.41 bits per heavy atom. The maximum atomic E-state index is 12.1. The van der Waals surface area contributed by atoms with Gasteiger partial charge in [0.2, 0.25) is 5.91 Å². The van der Waals surface area contributed by atoms with Crippen molar-refractivity contribution >= 4 is 11.5 Å². The number of allylic oxidation sites excluding steroid dienone is 1. The number of aryl methyl sites for hydroxylation is 1. The van der Waals surface area contributed by atoms with Gasteiger partial charge in [-0.15, -0.1) is 0 Å². The van der Waals surface area contributed by atoms with Gasteiger partial charge >= 0.3 is 0 Å². The molecule has 2 aromatic carbocycles. The molecule has 0 saturated carbocycles. The van der Waals surface area contributed by atoms with E-state index < -0.39 is 0 Å². The van der Waals surface area contributed by atoms with E-state index in [0.29, 0.717) is 19.1 Å². The summed E-state index contributed by atoms with van der Waals surface area (Å²) in [6, 6.07) is 13.2. The number of piperazine rings is 1. The highest BCUT2D eigenvalue weighted by Gasteiger charge is 2.23. The molecule has 0 bridgehead atoms. The van der Waals surface area contributed by atoms with Gasteiger partial charge in [-0.1, -0.05) is 37.6 Å². The van der Waals surface area contributed by atoms with E-state index in [1.165, 1.54) is 27.8 Å². The molecule has 1 aliphatic heterocycles. The molecule has 212 valence electrons. The van der Waals surface area contributed by atoms with Crippen molar-refractivity contribution in [2.45, 2.75) is 66.5 Å². The number of hydrogen-bond acceptors (Lipinski definition) is 5. The maximum Gasteiger partial charge on any atom is 0.234 e. The van der Waals surface area contributed by atoms with E-state index >= 15 is 0 Å². The average Bonchev–Trinajstić information content (AvgIpc) is 2.89. The molecule has 0 atom stereocenters. The Balaban J connectivity index is 1.33. The molecule has 0 aromatic heterocycles. The first-order chi connectivity index (χ1) is 18.7. The summed E-state index contributed by atoms with van der Waals surface area (Å²) in [4.78, 5) is 16.9. The Morgan fingerprint density at radius 2 is 1.72 bits per heavy atom. The van der Waals surface area contributed by atoms with Gasteiger partial charge in [0, 0.05) is 44.3 Å². The lowest BCUT2D eigenvalue weighted by Crippen LogP contribution is -2.50. The molecule has 1 saturated heterocycles.